The smallest absolute Gasteiger partial charge is 0.341 e. The Kier molecular flexibility index (Phi) is 5.51. The summed E-state index contributed by atoms with van der Waals surface area (Å²) in [6, 6.07) is 0. The fraction of sp³-hybridized carbons (Fsp3) is 0.333. The van der Waals surface area contributed by atoms with E-state index in [0.717, 1.165) is 23.1 Å². The maximum atomic E-state index is 12.1. The molecule has 0 saturated heterocycles. The van der Waals surface area contributed by atoms with Crippen LogP contribution >= 0.6 is 23.1 Å². The second kappa shape index (κ2) is 7.40. The van der Waals surface area contributed by atoms with Gasteiger partial charge in [-0.15, -0.1) is 16.4 Å². The van der Waals surface area contributed by atoms with E-state index >= 15 is 0 Å². The third kappa shape index (κ3) is 3.71. The molecule has 2 aromatic heterocycles. The molecule has 128 valence electrons. The molecule has 0 unspecified atom stereocenters. The van der Waals surface area contributed by atoms with Gasteiger partial charge in [0.15, 0.2) is 0 Å². The van der Waals surface area contributed by atoms with E-state index < -0.39 is 11.9 Å². The summed E-state index contributed by atoms with van der Waals surface area (Å²) >= 11 is 2.06. The number of aromatic nitrogens is 4. The molecule has 2 heterocycles. The molecule has 0 saturated carbocycles. The lowest BCUT2D eigenvalue weighted by Gasteiger charge is -2.05. The Morgan fingerprint density at radius 1 is 1.42 bits per heavy atom. The number of nitrogens with one attached hydrogen (secondary N) is 1. The van der Waals surface area contributed by atoms with Crippen molar-refractivity contribution >= 4 is 45.9 Å². The van der Waals surface area contributed by atoms with Gasteiger partial charge in [-0.25, -0.2) is 9.48 Å². The van der Waals surface area contributed by atoms with Gasteiger partial charge in [0.2, 0.25) is 11.1 Å². The number of tetrazole rings is 1. The second-order valence-corrected chi connectivity index (χ2v) is 6.50. The first-order valence-electron chi connectivity index (χ1n) is 6.51. The minimum Gasteiger partial charge on any atom is -0.465 e. The van der Waals surface area contributed by atoms with Crippen LogP contribution in [0.2, 0.25) is 0 Å². The van der Waals surface area contributed by atoms with Crippen molar-refractivity contribution in [1.29, 1.82) is 0 Å². The molecule has 0 fully saturated rings. The van der Waals surface area contributed by atoms with Gasteiger partial charge in [0.25, 0.3) is 5.91 Å². The second-order valence-electron chi connectivity index (χ2n) is 4.54. The van der Waals surface area contributed by atoms with Gasteiger partial charge < -0.3 is 15.8 Å². The summed E-state index contributed by atoms with van der Waals surface area (Å²) in [7, 11) is 2.86. The Morgan fingerprint density at radius 3 is 2.67 bits per heavy atom. The van der Waals surface area contributed by atoms with Crippen molar-refractivity contribution in [2.24, 2.45) is 12.8 Å². The summed E-state index contributed by atoms with van der Waals surface area (Å²) in [4.78, 5) is 35.6. The number of aryl methyl sites for hydroxylation is 1. The number of hydrogen-bond acceptors (Lipinski definition) is 9. The Bertz CT molecular complexity index is 800. The summed E-state index contributed by atoms with van der Waals surface area (Å²) in [6.07, 6.45) is 0. The maximum Gasteiger partial charge on any atom is 0.341 e. The number of thioether (sulfide) groups is 1. The Hall–Kier alpha value is -2.47. The first kappa shape index (κ1) is 17.9. The Balaban J connectivity index is 2.17. The maximum absolute atomic E-state index is 12.1. The van der Waals surface area contributed by atoms with Gasteiger partial charge in [0.1, 0.15) is 5.00 Å². The molecule has 0 spiro atoms. The highest BCUT2D eigenvalue weighted by Crippen LogP contribution is 2.33. The Labute approximate surface area is 144 Å². The molecule has 10 nitrogen and oxygen atoms in total. The molecular weight excluding hydrogens is 356 g/mol. The standard InChI is InChI=1S/C12H14N6O4S2/c1-5-7(11(21)22-3)10(24-8(5)9(13)20)14-6(19)4-23-12-15-16-17-18(12)2/h4H2,1-3H3,(H2,13,20)(H,14,19). The lowest BCUT2D eigenvalue weighted by Crippen LogP contribution is -2.16. The van der Waals surface area contributed by atoms with Gasteiger partial charge in [-0.3, -0.25) is 9.59 Å². The highest BCUT2D eigenvalue weighted by molar-refractivity contribution is 7.99. The number of ether oxygens (including phenoxy) is 1. The molecule has 3 N–H and O–H groups in total. The minimum absolute atomic E-state index is 0.0255. The zero-order valence-corrected chi connectivity index (χ0v) is 14.7. The molecule has 2 aromatic rings. The van der Waals surface area contributed by atoms with Crippen LogP contribution in [0.4, 0.5) is 5.00 Å². The third-order valence-corrected chi connectivity index (χ3v) is 5.16. The molecular formula is C12H14N6O4S2. The average Bonchev–Trinajstić information content (AvgIpc) is 3.08. The lowest BCUT2D eigenvalue weighted by molar-refractivity contribution is -0.113. The number of nitrogens with zero attached hydrogens (tertiary/aromatic N) is 4. The van der Waals surface area contributed by atoms with Crippen molar-refractivity contribution in [1.82, 2.24) is 20.2 Å². The molecule has 0 aliphatic carbocycles. The summed E-state index contributed by atoms with van der Waals surface area (Å²) in [5.41, 5.74) is 5.78. The van der Waals surface area contributed by atoms with Crippen molar-refractivity contribution in [3.8, 4) is 0 Å². The molecule has 24 heavy (non-hydrogen) atoms. The lowest BCUT2D eigenvalue weighted by atomic mass is 10.1. The molecule has 0 aliphatic heterocycles. The van der Waals surface area contributed by atoms with Crippen molar-refractivity contribution in [2.45, 2.75) is 12.1 Å². The molecule has 0 bridgehead atoms. The van der Waals surface area contributed by atoms with Gasteiger partial charge in [-0.05, 0) is 22.9 Å². The topological polar surface area (TPSA) is 142 Å². The number of amides is 2. The zero-order valence-electron chi connectivity index (χ0n) is 13.0. The number of hydrogen-bond donors (Lipinski definition) is 2. The Morgan fingerprint density at radius 2 is 2.12 bits per heavy atom. The number of nitrogens with two attached hydrogens (primary N) is 1. The summed E-state index contributed by atoms with van der Waals surface area (Å²) in [5, 5.41) is 14.2. The van der Waals surface area contributed by atoms with E-state index in [0.29, 0.717) is 10.7 Å². The van der Waals surface area contributed by atoms with Gasteiger partial charge in [0, 0.05) is 7.05 Å². The van der Waals surface area contributed by atoms with Gasteiger partial charge in [-0.2, -0.15) is 0 Å². The minimum atomic E-state index is -0.678. The number of methoxy groups -OCH3 is 1. The van der Waals surface area contributed by atoms with Gasteiger partial charge in [-0.1, -0.05) is 11.8 Å². The largest absolute Gasteiger partial charge is 0.465 e. The molecule has 0 aliphatic rings. The first-order chi connectivity index (χ1) is 11.3. The number of esters is 1. The van der Waals surface area contributed by atoms with Crippen LogP contribution in [0.15, 0.2) is 5.16 Å². The van der Waals surface area contributed by atoms with Crippen molar-refractivity contribution in [2.75, 3.05) is 18.2 Å². The van der Waals surface area contributed by atoms with Gasteiger partial charge >= 0.3 is 5.97 Å². The number of primary amides is 1. The number of anilines is 1. The van der Waals surface area contributed by atoms with Crippen LogP contribution in [0, 0.1) is 6.92 Å². The molecule has 0 aromatic carbocycles. The summed E-state index contributed by atoms with van der Waals surface area (Å²) < 4.78 is 6.13. The van der Waals surface area contributed by atoms with Crippen molar-refractivity contribution < 1.29 is 19.1 Å². The number of carbonyl (C=O) groups excluding carboxylic acids is 3. The van der Waals surface area contributed by atoms with E-state index in [-0.39, 0.29) is 27.1 Å². The molecule has 0 radical (unpaired) electrons. The van der Waals surface area contributed by atoms with Crippen LogP contribution in [0.5, 0.6) is 0 Å². The van der Waals surface area contributed by atoms with Crippen molar-refractivity contribution in [3.63, 3.8) is 0 Å². The molecule has 2 amide bonds. The molecule has 2 rings (SSSR count). The van der Waals surface area contributed by atoms with E-state index in [4.69, 9.17) is 10.5 Å². The van der Waals surface area contributed by atoms with Crippen LogP contribution in [0.25, 0.3) is 0 Å². The van der Waals surface area contributed by atoms with E-state index in [2.05, 4.69) is 20.8 Å². The van der Waals surface area contributed by atoms with Crippen LogP contribution in [0.3, 0.4) is 0 Å². The fourth-order valence-corrected chi connectivity index (χ4v) is 3.53. The van der Waals surface area contributed by atoms with Crippen molar-refractivity contribution in [3.05, 3.63) is 16.0 Å². The average molecular weight is 370 g/mol. The quantitative estimate of drug-likeness (QED) is 0.542. The van der Waals surface area contributed by atoms with Gasteiger partial charge in [0.05, 0.1) is 23.3 Å². The normalized spacial score (nSPS) is 10.5. The SMILES string of the molecule is COC(=O)c1c(NC(=O)CSc2nnnn2C)sc(C(N)=O)c1C. The predicted octanol–water partition coefficient (Wildman–Crippen LogP) is 0.196. The monoisotopic (exact) mass is 370 g/mol. The molecule has 12 heteroatoms. The van der Waals surface area contributed by atoms with Crippen LogP contribution in [-0.4, -0.2) is 50.9 Å². The summed E-state index contributed by atoms with van der Waals surface area (Å²) in [5.74, 6) is -1.69. The van der Waals surface area contributed by atoms with Crippen LogP contribution in [0.1, 0.15) is 25.6 Å². The van der Waals surface area contributed by atoms with Crippen LogP contribution in [-0.2, 0) is 16.6 Å². The number of carbonyl (C=O) groups is 3. The van der Waals surface area contributed by atoms with E-state index in [1.165, 1.54) is 11.8 Å². The van der Waals surface area contributed by atoms with E-state index in [1.54, 1.807) is 14.0 Å². The zero-order chi connectivity index (χ0) is 17.9. The van der Waals surface area contributed by atoms with E-state index in [9.17, 15) is 14.4 Å². The predicted molar refractivity (Wildman–Crippen MR) is 87.1 cm³/mol. The third-order valence-electron chi connectivity index (χ3n) is 2.93. The highest BCUT2D eigenvalue weighted by atomic mass is 32.2. The van der Waals surface area contributed by atoms with E-state index in [1.807, 2.05) is 0 Å². The first-order valence-corrected chi connectivity index (χ1v) is 8.31. The van der Waals surface area contributed by atoms with Crippen LogP contribution < -0.4 is 11.1 Å². The fourth-order valence-electron chi connectivity index (χ4n) is 1.82. The summed E-state index contributed by atoms with van der Waals surface area (Å²) in [6.45, 7) is 1.57. The highest BCUT2D eigenvalue weighted by Gasteiger charge is 2.25. The molecule has 0 atom stereocenters. The number of thiophene rings is 1. The number of rotatable bonds is 6.